The topological polar surface area (TPSA) is 155 Å². The van der Waals surface area contributed by atoms with E-state index in [4.69, 9.17) is 26.4 Å². The molecule has 2 amide bonds. The number of ether oxygens (including phenoxy) is 1. The van der Waals surface area contributed by atoms with E-state index in [0.717, 1.165) is 74.4 Å². The van der Waals surface area contributed by atoms with Gasteiger partial charge in [0.15, 0.2) is 12.4 Å². The maximum Gasteiger partial charge on any atom is 0.301 e. The van der Waals surface area contributed by atoms with Gasteiger partial charge in [0.1, 0.15) is 5.02 Å². The van der Waals surface area contributed by atoms with Crippen LogP contribution in [0.2, 0.25) is 5.02 Å². The van der Waals surface area contributed by atoms with Gasteiger partial charge in [0.2, 0.25) is 23.5 Å². The average Bonchev–Trinajstić information content (AvgIpc) is 4.07. The monoisotopic (exact) mass is 869 g/mol. The predicted molar refractivity (Wildman–Crippen MR) is 234 cm³/mol. The summed E-state index contributed by atoms with van der Waals surface area (Å²) in [5, 5.41) is 15.5. The summed E-state index contributed by atoms with van der Waals surface area (Å²) in [6.45, 7) is 6.53. The highest BCUT2D eigenvalue weighted by molar-refractivity contribution is 6.33. The summed E-state index contributed by atoms with van der Waals surface area (Å²) in [4.78, 5) is 54.4. The molecular formula is C44H50ClF2N11O4. The van der Waals surface area contributed by atoms with Crippen molar-refractivity contribution < 1.29 is 23.1 Å². The Morgan fingerprint density at radius 3 is 2.47 bits per heavy atom. The zero-order valence-electron chi connectivity index (χ0n) is 35.0. The number of benzene rings is 2. The molecule has 3 atom stereocenters. The second kappa shape index (κ2) is 15.7. The number of rotatable bonds is 8. The Hall–Kier alpha value is -5.55. The third kappa shape index (κ3) is 7.25. The number of carbonyl (C=O) groups is 2. The minimum absolute atomic E-state index is 0.108. The Balaban J connectivity index is 0.790. The molecule has 1 aliphatic carbocycles. The number of hydrogen-bond donors (Lipinski definition) is 3. The number of piperidine rings is 2. The largest absolute Gasteiger partial charge is 0.480 e. The van der Waals surface area contributed by atoms with E-state index >= 15 is 8.78 Å². The Morgan fingerprint density at radius 1 is 0.952 bits per heavy atom. The number of para-hydroxylation sites is 1. The van der Waals surface area contributed by atoms with Gasteiger partial charge in [0.25, 0.3) is 5.56 Å². The third-order valence-electron chi connectivity index (χ3n) is 13.8. The molecule has 0 spiro atoms. The van der Waals surface area contributed by atoms with Crippen LogP contribution in [0, 0.1) is 11.8 Å². The fourth-order valence-electron chi connectivity index (χ4n) is 10.1. The lowest BCUT2D eigenvalue weighted by Gasteiger charge is -2.43. The summed E-state index contributed by atoms with van der Waals surface area (Å²) in [6.07, 6.45) is 5.87. The van der Waals surface area contributed by atoms with Gasteiger partial charge in [-0.3, -0.25) is 29.3 Å². The van der Waals surface area contributed by atoms with Crippen LogP contribution in [0.4, 0.5) is 37.6 Å². The molecule has 18 heteroatoms. The number of anilines is 5. The molecule has 62 heavy (non-hydrogen) atoms. The van der Waals surface area contributed by atoms with Gasteiger partial charge < -0.3 is 29.7 Å². The van der Waals surface area contributed by atoms with Crippen molar-refractivity contribution in [3.05, 3.63) is 63.7 Å². The van der Waals surface area contributed by atoms with Gasteiger partial charge in [0, 0.05) is 82.3 Å². The minimum atomic E-state index is -3.13. The number of fused-ring (bicyclic) bond motifs is 4. The number of alkyl halides is 2. The van der Waals surface area contributed by atoms with Crippen LogP contribution >= 0.6 is 11.6 Å². The van der Waals surface area contributed by atoms with Crippen molar-refractivity contribution in [3.8, 4) is 5.75 Å². The van der Waals surface area contributed by atoms with E-state index in [1.165, 1.54) is 4.57 Å². The standard InChI is InChI=1S/C44H50ClF2N11O4/c1-24(25-13-15-57(16-14-25)33-6-4-5-28-35(53-55(3)37(28)33)29-10-12-34(59)50-41(29)60)56-17-19-58(20-18-56)43-48-22-31(45)40(52-43)49-27-9-11-32-30(21-27)36-38(42(61)54(32)2)62-23-44(46,47)39(51-36)26-7-8-26/h4-6,9,11,21-22,24-26,29,39,51H,7-8,10,12-20,23H2,1-3H3,(H,48,49,52)(H,50,59,60)/t24-,29?,39?/m1/s1. The maximum atomic E-state index is 15.2. The Labute approximate surface area is 361 Å². The number of amides is 2. The number of nitrogens with one attached hydrogen (secondary N) is 3. The van der Waals surface area contributed by atoms with E-state index < -0.39 is 30.0 Å². The van der Waals surface area contributed by atoms with Gasteiger partial charge in [-0.25, -0.2) is 13.8 Å². The molecule has 5 aliphatic rings. The number of halogens is 3. The lowest BCUT2D eigenvalue weighted by molar-refractivity contribution is -0.134. The van der Waals surface area contributed by atoms with E-state index in [-0.39, 0.29) is 29.2 Å². The van der Waals surface area contributed by atoms with Gasteiger partial charge in [-0.2, -0.15) is 10.1 Å². The molecule has 5 aromatic rings. The van der Waals surface area contributed by atoms with Crippen LogP contribution in [0.15, 0.2) is 47.4 Å². The molecule has 3 aromatic heterocycles. The molecule has 2 aromatic carbocycles. The number of piperazine rings is 1. The molecule has 7 heterocycles. The number of carbonyl (C=O) groups excluding carboxylic acids is 2. The molecule has 4 aliphatic heterocycles. The van der Waals surface area contributed by atoms with Crippen molar-refractivity contribution in [2.24, 2.45) is 25.9 Å². The third-order valence-corrected chi connectivity index (χ3v) is 14.1. The first-order valence-corrected chi connectivity index (χ1v) is 22.0. The van der Waals surface area contributed by atoms with Gasteiger partial charge in [-0.15, -0.1) is 0 Å². The minimum Gasteiger partial charge on any atom is -0.480 e. The highest BCUT2D eigenvalue weighted by Crippen LogP contribution is 2.46. The molecule has 1 saturated carbocycles. The van der Waals surface area contributed by atoms with Crippen LogP contribution in [0.5, 0.6) is 5.75 Å². The zero-order valence-corrected chi connectivity index (χ0v) is 35.7. The van der Waals surface area contributed by atoms with Crippen molar-refractivity contribution in [2.45, 2.75) is 69.4 Å². The first kappa shape index (κ1) is 40.5. The first-order chi connectivity index (χ1) is 29.8. The second-order valence-corrected chi connectivity index (χ2v) is 18.0. The Bertz CT molecular complexity index is 2650. The maximum absolute atomic E-state index is 15.2. The second-order valence-electron chi connectivity index (χ2n) is 17.6. The normalized spacial score (nSPS) is 22.8. The summed E-state index contributed by atoms with van der Waals surface area (Å²) in [7, 11) is 3.53. The summed E-state index contributed by atoms with van der Waals surface area (Å²) in [5.74, 6) is -2.87. The van der Waals surface area contributed by atoms with Crippen molar-refractivity contribution in [1.29, 1.82) is 0 Å². The molecule has 4 fully saturated rings. The van der Waals surface area contributed by atoms with Crippen LogP contribution in [-0.2, 0) is 23.7 Å². The van der Waals surface area contributed by atoms with Crippen molar-refractivity contribution in [3.63, 3.8) is 0 Å². The summed E-state index contributed by atoms with van der Waals surface area (Å²) < 4.78 is 39.2. The number of aromatic nitrogens is 5. The first-order valence-electron chi connectivity index (χ1n) is 21.6. The summed E-state index contributed by atoms with van der Waals surface area (Å²) >= 11 is 6.65. The highest BCUT2D eigenvalue weighted by Gasteiger charge is 2.51. The molecule has 3 N–H and O–H groups in total. The number of pyridine rings is 1. The van der Waals surface area contributed by atoms with Crippen LogP contribution in [0.1, 0.15) is 57.1 Å². The molecular weight excluding hydrogens is 820 g/mol. The van der Waals surface area contributed by atoms with Gasteiger partial charge in [-0.05, 0) is 75.1 Å². The van der Waals surface area contributed by atoms with Crippen LogP contribution in [0.25, 0.3) is 21.8 Å². The fourth-order valence-corrected chi connectivity index (χ4v) is 10.2. The number of hydrogen-bond acceptors (Lipinski definition) is 12. The van der Waals surface area contributed by atoms with Gasteiger partial charge in [-0.1, -0.05) is 23.7 Å². The van der Waals surface area contributed by atoms with Gasteiger partial charge in [0.05, 0.1) is 46.3 Å². The molecule has 0 radical (unpaired) electrons. The average molecular weight is 870 g/mol. The van der Waals surface area contributed by atoms with E-state index in [9.17, 15) is 14.4 Å². The Kier molecular flexibility index (Phi) is 10.2. The van der Waals surface area contributed by atoms with Crippen molar-refractivity contribution >= 4 is 74.0 Å². The summed E-state index contributed by atoms with van der Waals surface area (Å²) in [6, 6.07) is 10.9. The van der Waals surface area contributed by atoms with E-state index in [1.807, 2.05) is 23.9 Å². The number of nitrogens with zero attached hydrogens (tertiary/aromatic N) is 8. The van der Waals surface area contributed by atoms with Crippen LogP contribution in [0.3, 0.4) is 0 Å². The molecule has 2 unspecified atom stereocenters. The molecule has 3 saturated heterocycles. The smallest absolute Gasteiger partial charge is 0.301 e. The van der Waals surface area contributed by atoms with Crippen LogP contribution in [-0.4, -0.2) is 105 Å². The predicted octanol–water partition coefficient (Wildman–Crippen LogP) is 5.78. The SMILES string of the molecule is C[C@H](C1CCN(c2cccc3c(C4CCC(=O)NC4=O)nn(C)c23)CC1)N1CCN(c2ncc(Cl)c(Nc3ccc4c(c3)c3c(c(=O)n4C)OCC(F)(F)C(C4CC4)N3)n2)CC1. The Morgan fingerprint density at radius 2 is 1.73 bits per heavy atom. The fraction of sp³-hybridized carbons (Fsp3) is 0.500. The zero-order chi connectivity index (χ0) is 43.0. The highest BCUT2D eigenvalue weighted by atomic mass is 35.5. The number of imide groups is 1. The number of aryl methyl sites for hydroxylation is 2. The molecule has 15 nitrogen and oxygen atoms in total. The van der Waals surface area contributed by atoms with E-state index in [1.54, 1.807) is 31.4 Å². The van der Waals surface area contributed by atoms with Crippen molar-refractivity contribution in [2.75, 3.05) is 66.3 Å². The molecule has 326 valence electrons. The molecule has 10 rings (SSSR count). The van der Waals surface area contributed by atoms with Gasteiger partial charge >= 0.3 is 5.92 Å². The quantitative estimate of drug-likeness (QED) is 0.162. The summed E-state index contributed by atoms with van der Waals surface area (Å²) in [5.41, 5.74) is 3.86. The van der Waals surface area contributed by atoms with E-state index in [2.05, 4.69) is 48.6 Å². The lowest BCUT2D eigenvalue weighted by atomic mass is 9.88. The van der Waals surface area contributed by atoms with Crippen LogP contribution < -0.4 is 36.0 Å². The lowest BCUT2D eigenvalue weighted by Crippen LogP contribution is -2.53. The van der Waals surface area contributed by atoms with E-state index in [0.29, 0.717) is 71.0 Å². The molecule has 0 bridgehead atoms. The van der Waals surface area contributed by atoms with Crippen molar-refractivity contribution in [1.82, 2.24) is 34.5 Å².